The van der Waals surface area contributed by atoms with Gasteiger partial charge in [-0.1, -0.05) is 0 Å². The first-order chi connectivity index (χ1) is 11.5. The molecule has 0 aromatic rings. The summed E-state index contributed by atoms with van der Waals surface area (Å²) < 4.78 is 20.2. The average Bonchev–Trinajstić information content (AvgIpc) is 2.58. The van der Waals surface area contributed by atoms with Gasteiger partial charge in [0, 0.05) is 40.0 Å². The number of carboxylic acid groups (broad SMARTS) is 1. The molecule has 0 saturated carbocycles. The van der Waals surface area contributed by atoms with E-state index in [1.807, 2.05) is 6.92 Å². The summed E-state index contributed by atoms with van der Waals surface area (Å²) in [6, 6.07) is 0. The minimum Gasteiger partial charge on any atom is -0.550 e. The minimum absolute atomic E-state index is 0.0495. The Kier molecular flexibility index (Phi) is 20.6. The fraction of sp³-hybridized carbons (Fsp3) is 0.941. The van der Waals surface area contributed by atoms with Crippen LogP contribution in [0.15, 0.2) is 0 Å². The molecule has 0 aliphatic rings. The van der Waals surface area contributed by atoms with E-state index in [2.05, 4.69) is 20.5 Å². The Balaban J connectivity index is 0. The molecule has 0 heterocycles. The van der Waals surface area contributed by atoms with Gasteiger partial charge in [-0.25, -0.2) is 0 Å². The molecule has 0 N–H and O–H groups in total. The summed E-state index contributed by atoms with van der Waals surface area (Å²) in [5.41, 5.74) is 0. The molecule has 0 aromatic carbocycles. The monoisotopic (exact) mass is 368 g/mol. The van der Waals surface area contributed by atoms with E-state index in [4.69, 9.17) is 18.9 Å². The molecular formula is C17H37O6P. The lowest BCUT2D eigenvalue weighted by Crippen LogP contribution is -2.23. The first-order valence-electron chi connectivity index (χ1n) is 8.71. The summed E-state index contributed by atoms with van der Waals surface area (Å²) in [7, 11) is 1.06. The summed E-state index contributed by atoms with van der Waals surface area (Å²) >= 11 is 0. The standard InChI is InChI=1S/C10H24O2P.C7H14O4/c1-5-13(4,6-2)10-9-12-8-7-11-3;1-2-10-5-6-11-4-3-7(8)9/h5-10H2,1-4H3;2-6H2,1H3,(H,8,9)/q+1;/p-1. The van der Waals surface area contributed by atoms with Crippen molar-refractivity contribution in [1.29, 1.82) is 0 Å². The molecule has 0 spiro atoms. The first-order valence-corrected chi connectivity index (χ1v) is 11.5. The van der Waals surface area contributed by atoms with Gasteiger partial charge in [0.1, 0.15) is 0 Å². The van der Waals surface area contributed by atoms with Gasteiger partial charge in [-0.15, -0.1) is 0 Å². The molecule has 24 heavy (non-hydrogen) atoms. The molecule has 0 unspecified atom stereocenters. The van der Waals surface area contributed by atoms with Crippen molar-refractivity contribution in [3.8, 4) is 0 Å². The van der Waals surface area contributed by atoms with Crippen molar-refractivity contribution in [2.45, 2.75) is 27.2 Å². The fourth-order valence-corrected chi connectivity index (χ4v) is 3.24. The molecule has 7 heteroatoms. The third-order valence-electron chi connectivity index (χ3n) is 3.76. The van der Waals surface area contributed by atoms with Gasteiger partial charge in [0.15, 0.2) is 0 Å². The smallest absolute Gasteiger partial charge is 0.0825 e. The highest BCUT2D eigenvalue weighted by molar-refractivity contribution is 7.75. The van der Waals surface area contributed by atoms with Crippen LogP contribution >= 0.6 is 7.26 Å². The highest BCUT2D eigenvalue weighted by atomic mass is 31.2. The number of aliphatic carboxylic acids is 1. The van der Waals surface area contributed by atoms with Gasteiger partial charge in [0.05, 0.1) is 58.1 Å². The quantitative estimate of drug-likeness (QED) is 0.322. The normalized spacial score (nSPS) is 11.0. The van der Waals surface area contributed by atoms with E-state index >= 15 is 0 Å². The summed E-state index contributed by atoms with van der Waals surface area (Å²) in [6.07, 6.45) is 3.91. The van der Waals surface area contributed by atoms with E-state index in [-0.39, 0.29) is 13.0 Å². The molecule has 6 nitrogen and oxygen atoms in total. The van der Waals surface area contributed by atoms with Crippen LogP contribution in [0.25, 0.3) is 0 Å². The van der Waals surface area contributed by atoms with Crippen molar-refractivity contribution >= 4 is 13.2 Å². The van der Waals surface area contributed by atoms with Gasteiger partial charge in [-0.2, -0.15) is 0 Å². The van der Waals surface area contributed by atoms with E-state index in [0.29, 0.717) is 26.4 Å². The molecule has 0 rings (SSSR count). The van der Waals surface area contributed by atoms with Crippen molar-refractivity contribution in [3.63, 3.8) is 0 Å². The van der Waals surface area contributed by atoms with Crippen molar-refractivity contribution in [2.24, 2.45) is 0 Å². The maximum absolute atomic E-state index is 9.87. The number of rotatable bonds is 15. The zero-order valence-electron chi connectivity index (χ0n) is 16.2. The van der Waals surface area contributed by atoms with Gasteiger partial charge in [0.2, 0.25) is 0 Å². The number of carbonyl (C=O) groups is 1. The Morgan fingerprint density at radius 1 is 0.875 bits per heavy atom. The molecule has 0 aliphatic carbocycles. The number of hydrogen-bond acceptors (Lipinski definition) is 6. The Morgan fingerprint density at radius 3 is 1.92 bits per heavy atom. The molecule has 0 aromatic heterocycles. The highest BCUT2D eigenvalue weighted by Crippen LogP contribution is 2.53. The Hall–Kier alpha value is -0.260. The van der Waals surface area contributed by atoms with Crippen molar-refractivity contribution in [3.05, 3.63) is 0 Å². The Morgan fingerprint density at radius 2 is 1.42 bits per heavy atom. The second kappa shape index (κ2) is 19.1. The maximum atomic E-state index is 9.87. The van der Waals surface area contributed by atoms with Crippen LogP contribution in [-0.4, -0.2) is 84.5 Å². The summed E-state index contributed by atoms with van der Waals surface area (Å²) in [4.78, 5) is 9.87. The van der Waals surface area contributed by atoms with Crippen LogP contribution in [0.1, 0.15) is 27.2 Å². The van der Waals surface area contributed by atoms with E-state index in [9.17, 15) is 9.90 Å². The van der Waals surface area contributed by atoms with Crippen molar-refractivity contribution in [1.82, 2.24) is 0 Å². The van der Waals surface area contributed by atoms with E-state index in [0.717, 1.165) is 13.2 Å². The lowest BCUT2D eigenvalue weighted by atomic mass is 10.5. The van der Waals surface area contributed by atoms with Crippen LogP contribution in [-0.2, 0) is 23.7 Å². The van der Waals surface area contributed by atoms with E-state index < -0.39 is 13.2 Å². The van der Waals surface area contributed by atoms with Crippen molar-refractivity contribution in [2.75, 3.05) is 78.5 Å². The molecule has 146 valence electrons. The van der Waals surface area contributed by atoms with Crippen molar-refractivity contribution < 1.29 is 28.8 Å². The molecule has 0 fully saturated rings. The van der Waals surface area contributed by atoms with Crippen LogP contribution in [0.2, 0.25) is 0 Å². The zero-order chi connectivity index (χ0) is 18.7. The molecule has 0 atom stereocenters. The third-order valence-corrected chi connectivity index (χ3v) is 8.08. The molecule has 0 radical (unpaired) electrons. The number of hydrogen-bond donors (Lipinski definition) is 0. The number of carboxylic acids is 1. The maximum Gasteiger partial charge on any atom is 0.0825 e. The van der Waals surface area contributed by atoms with E-state index in [1.165, 1.54) is 18.5 Å². The van der Waals surface area contributed by atoms with Gasteiger partial charge in [-0.3, -0.25) is 0 Å². The third kappa shape index (κ3) is 19.8. The number of methoxy groups -OCH3 is 1. The van der Waals surface area contributed by atoms with Gasteiger partial charge in [-0.05, 0) is 20.8 Å². The van der Waals surface area contributed by atoms with Gasteiger partial charge < -0.3 is 28.8 Å². The summed E-state index contributed by atoms with van der Waals surface area (Å²) in [5.74, 6) is -1.08. The molecular weight excluding hydrogens is 331 g/mol. The summed E-state index contributed by atoms with van der Waals surface area (Å²) in [6.45, 7) is 13.1. The predicted octanol–water partition coefficient (Wildman–Crippen LogP) is 1.52. The zero-order valence-corrected chi connectivity index (χ0v) is 17.1. The fourth-order valence-electron chi connectivity index (χ4n) is 1.59. The SMILES string of the molecule is CCOCCOCCC(=O)[O-].CC[P+](C)(CC)CCOCCOC. The second-order valence-corrected chi connectivity index (χ2v) is 10.5. The lowest BCUT2D eigenvalue weighted by Gasteiger charge is -2.19. The highest BCUT2D eigenvalue weighted by Gasteiger charge is 2.25. The van der Waals surface area contributed by atoms with Crippen LogP contribution in [0.4, 0.5) is 0 Å². The largest absolute Gasteiger partial charge is 0.550 e. The first kappa shape index (κ1) is 26.0. The van der Waals surface area contributed by atoms with Crippen LogP contribution in [0, 0.1) is 0 Å². The average molecular weight is 368 g/mol. The van der Waals surface area contributed by atoms with E-state index in [1.54, 1.807) is 7.11 Å². The van der Waals surface area contributed by atoms with Crippen LogP contribution in [0.3, 0.4) is 0 Å². The van der Waals surface area contributed by atoms with Gasteiger partial charge in [0.25, 0.3) is 0 Å². The lowest BCUT2D eigenvalue weighted by molar-refractivity contribution is -0.306. The molecule has 0 aliphatic heterocycles. The molecule has 0 amide bonds. The summed E-state index contributed by atoms with van der Waals surface area (Å²) in [5, 5.41) is 9.87. The van der Waals surface area contributed by atoms with Crippen LogP contribution < -0.4 is 5.11 Å². The van der Waals surface area contributed by atoms with Gasteiger partial charge >= 0.3 is 0 Å². The minimum atomic E-state index is -1.08. The Labute approximate surface area is 148 Å². The molecule has 0 bridgehead atoms. The predicted molar refractivity (Wildman–Crippen MR) is 98.4 cm³/mol. The number of carbonyl (C=O) groups excluding carboxylic acids is 1. The second-order valence-electron chi connectivity index (χ2n) is 5.51. The number of ether oxygens (including phenoxy) is 4. The molecule has 0 saturated heterocycles. The van der Waals surface area contributed by atoms with Crippen LogP contribution in [0.5, 0.6) is 0 Å². The topological polar surface area (TPSA) is 77.1 Å². The Bertz CT molecular complexity index is 272.